The minimum Gasteiger partial charge on any atom is -0.496 e. The van der Waals surface area contributed by atoms with E-state index in [0.29, 0.717) is 0 Å². The lowest BCUT2D eigenvalue weighted by molar-refractivity contribution is 0.122. The van der Waals surface area contributed by atoms with Crippen LogP contribution in [-0.2, 0) is 4.74 Å². The van der Waals surface area contributed by atoms with Gasteiger partial charge in [-0.2, -0.15) is 0 Å². The fraction of sp³-hybridized carbons (Fsp3) is 0.316. The third kappa shape index (κ3) is 3.89. The van der Waals surface area contributed by atoms with Gasteiger partial charge in [-0.15, -0.1) is 0 Å². The Kier molecular flexibility index (Phi) is 5.38. The summed E-state index contributed by atoms with van der Waals surface area (Å²) < 4.78 is 10.9. The monoisotopic (exact) mass is 344 g/mol. The summed E-state index contributed by atoms with van der Waals surface area (Å²) in [5, 5.41) is 0.722. The highest BCUT2D eigenvalue weighted by molar-refractivity contribution is 6.31. The normalized spacial score (nSPS) is 15.0. The zero-order valence-electron chi connectivity index (χ0n) is 14.0. The Morgan fingerprint density at radius 2 is 1.96 bits per heavy atom. The van der Waals surface area contributed by atoms with Crippen molar-refractivity contribution in [2.45, 2.75) is 6.92 Å². The van der Waals surface area contributed by atoms with Crippen molar-refractivity contribution in [3.8, 4) is 5.75 Å². The van der Waals surface area contributed by atoms with Crippen molar-refractivity contribution < 1.29 is 9.47 Å². The van der Waals surface area contributed by atoms with E-state index in [1.54, 1.807) is 7.11 Å². The van der Waals surface area contributed by atoms with Crippen molar-refractivity contribution >= 4 is 29.2 Å². The Labute approximate surface area is 147 Å². The largest absolute Gasteiger partial charge is 0.496 e. The van der Waals surface area contributed by atoms with Gasteiger partial charge in [0.2, 0.25) is 0 Å². The van der Waals surface area contributed by atoms with E-state index in [0.717, 1.165) is 59.6 Å². The third-order valence-electron chi connectivity index (χ3n) is 4.10. The molecule has 1 saturated heterocycles. The predicted octanol–water partition coefficient (Wildman–Crippen LogP) is 4.24. The number of halogens is 1. The Morgan fingerprint density at radius 3 is 2.67 bits per heavy atom. The van der Waals surface area contributed by atoms with Gasteiger partial charge >= 0.3 is 0 Å². The zero-order chi connectivity index (χ0) is 16.9. The van der Waals surface area contributed by atoms with E-state index in [4.69, 9.17) is 21.1 Å². The SMILES string of the molecule is COc1cc(N2CCOCC2)ccc1C=Nc1ccc(C)c(Cl)c1. The first-order valence-electron chi connectivity index (χ1n) is 7.98. The van der Waals surface area contributed by atoms with Gasteiger partial charge in [0.1, 0.15) is 5.75 Å². The maximum Gasteiger partial charge on any atom is 0.129 e. The molecule has 24 heavy (non-hydrogen) atoms. The highest BCUT2D eigenvalue weighted by Gasteiger charge is 2.13. The quantitative estimate of drug-likeness (QED) is 0.778. The predicted molar refractivity (Wildman–Crippen MR) is 99.5 cm³/mol. The van der Waals surface area contributed by atoms with Crippen LogP contribution in [0.25, 0.3) is 0 Å². The van der Waals surface area contributed by atoms with E-state index >= 15 is 0 Å². The number of hydrogen-bond donors (Lipinski definition) is 0. The summed E-state index contributed by atoms with van der Waals surface area (Å²) in [6.07, 6.45) is 1.81. The number of aryl methyl sites for hydroxylation is 1. The molecule has 2 aromatic carbocycles. The first-order valence-corrected chi connectivity index (χ1v) is 8.36. The molecule has 0 unspecified atom stereocenters. The van der Waals surface area contributed by atoms with Crippen LogP contribution in [0.5, 0.6) is 5.75 Å². The molecular formula is C19H21ClN2O2. The van der Waals surface area contributed by atoms with Crippen LogP contribution in [0.2, 0.25) is 5.02 Å². The highest BCUT2D eigenvalue weighted by atomic mass is 35.5. The molecule has 0 aromatic heterocycles. The molecule has 4 nitrogen and oxygen atoms in total. The second-order valence-corrected chi connectivity index (χ2v) is 6.12. The molecule has 0 N–H and O–H groups in total. The van der Waals surface area contributed by atoms with Crippen molar-refractivity contribution in [1.29, 1.82) is 0 Å². The van der Waals surface area contributed by atoms with Gasteiger partial charge in [-0.25, -0.2) is 0 Å². The standard InChI is InChI=1S/C19H21ClN2O2/c1-14-3-5-16(11-18(14)20)21-13-15-4-6-17(12-19(15)23-2)22-7-9-24-10-8-22/h3-6,11-13H,7-10H2,1-2H3. The van der Waals surface area contributed by atoms with Crippen molar-refractivity contribution in [1.82, 2.24) is 0 Å². The Balaban J connectivity index is 1.82. The van der Waals surface area contributed by atoms with Crippen LogP contribution in [0.15, 0.2) is 41.4 Å². The fourth-order valence-electron chi connectivity index (χ4n) is 2.63. The lowest BCUT2D eigenvalue weighted by Crippen LogP contribution is -2.36. The fourth-order valence-corrected chi connectivity index (χ4v) is 2.81. The molecule has 0 aliphatic carbocycles. The number of rotatable bonds is 4. The van der Waals surface area contributed by atoms with E-state index in [2.05, 4.69) is 22.0 Å². The molecule has 0 spiro atoms. The topological polar surface area (TPSA) is 34.1 Å². The molecule has 3 rings (SSSR count). The number of benzene rings is 2. The summed E-state index contributed by atoms with van der Waals surface area (Å²) in [7, 11) is 1.68. The Morgan fingerprint density at radius 1 is 1.17 bits per heavy atom. The zero-order valence-corrected chi connectivity index (χ0v) is 14.7. The van der Waals surface area contributed by atoms with E-state index in [9.17, 15) is 0 Å². The van der Waals surface area contributed by atoms with Gasteiger partial charge < -0.3 is 14.4 Å². The second kappa shape index (κ2) is 7.69. The summed E-state index contributed by atoms with van der Waals surface area (Å²) in [6, 6.07) is 12.0. The van der Waals surface area contributed by atoms with Crippen LogP contribution < -0.4 is 9.64 Å². The van der Waals surface area contributed by atoms with E-state index < -0.39 is 0 Å². The molecule has 126 valence electrons. The summed E-state index contributed by atoms with van der Waals surface area (Å²) in [6.45, 7) is 5.31. The molecule has 0 atom stereocenters. The van der Waals surface area contributed by atoms with Crippen molar-refractivity contribution in [2.75, 3.05) is 38.3 Å². The maximum atomic E-state index is 6.15. The summed E-state index contributed by atoms with van der Waals surface area (Å²) in [5.74, 6) is 0.806. The minimum absolute atomic E-state index is 0.722. The molecule has 0 radical (unpaired) electrons. The molecule has 1 aliphatic heterocycles. The molecule has 1 fully saturated rings. The number of methoxy groups -OCH3 is 1. The first kappa shape index (κ1) is 16.8. The molecule has 1 aliphatic rings. The molecule has 1 heterocycles. The van der Waals surface area contributed by atoms with Gasteiger partial charge in [-0.05, 0) is 36.8 Å². The molecule has 0 saturated carbocycles. The molecule has 2 aromatic rings. The van der Waals surface area contributed by atoms with E-state index in [-0.39, 0.29) is 0 Å². The van der Waals surface area contributed by atoms with Crippen molar-refractivity contribution in [3.63, 3.8) is 0 Å². The van der Waals surface area contributed by atoms with Crippen molar-refractivity contribution in [2.24, 2.45) is 4.99 Å². The second-order valence-electron chi connectivity index (χ2n) is 5.72. The lowest BCUT2D eigenvalue weighted by atomic mass is 10.1. The number of hydrogen-bond acceptors (Lipinski definition) is 4. The van der Waals surface area contributed by atoms with Crippen LogP contribution in [0.3, 0.4) is 0 Å². The number of ether oxygens (including phenoxy) is 2. The number of anilines is 1. The molecule has 0 amide bonds. The number of morpholine rings is 1. The van der Waals surface area contributed by atoms with Crippen LogP contribution in [0.4, 0.5) is 11.4 Å². The van der Waals surface area contributed by atoms with E-state index in [1.807, 2.05) is 37.4 Å². The van der Waals surface area contributed by atoms with Gasteiger partial charge in [-0.1, -0.05) is 17.7 Å². The Bertz CT molecular complexity index is 740. The van der Waals surface area contributed by atoms with Gasteiger partial charge in [0, 0.05) is 41.6 Å². The van der Waals surface area contributed by atoms with Gasteiger partial charge in [-0.3, -0.25) is 4.99 Å². The van der Waals surface area contributed by atoms with Gasteiger partial charge in [0.25, 0.3) is 0 Å². The van der Waals surface area contributed by atoms with Crippen LogP contribution in [0, 0.1) is 6.92 Å². The van der Waals surface area contributed by atoms with Gasteiger partial charge in [0.15, 0.2) is 0 Å². The molecular weight excluding hydrogens is 324 g/mol. The highest BCUT2D eigenvalue weighted by Crippen LogP contribution is 2.27. The minimum atomic E-state index is 0.722. The van der Waals surface area contributed by atoms with Crippen LogP contribution >= 0.6 is 11.6 Å². The summed E-state index contributed by atoms with van der Waals surface area (Å²) >= 11 is 6.15. The van der Waals surface area contributed by atoms with Gasteiger partial charge in [0.05, 0.1) is 26.0 Å². The summed E-state index contributed by atoms with van der Waals surface area (Å²) in [4.78, 5) is 6.80. The molecule has 5 heteroatoms. The first-order chi connectivity index (χ1) is 11.7. The molecule has 0 bridgehead atoms. The third-order valence-corrected chi connectivity index (χ3v) is 4.51. The average molecular weight is 345 g/mol. The smallest absolute Gasteiger partial charge is 0.129 e. The number of aliphatic imine (C=N–C) groups is 1. The average Bonchev–Trinajstić information content (AvgIpc) is 2.63. The number of nitrogens with zero attached hydrogens (tertiary/aromatic N) is 2. The summed E-state index contributed by atoms with van der Waals surface area (Å²) in [5.41, 5.74) is 3.95. The van der Waals surface area contributed by atoms with Crippen LogP contribution in [0.1, 0.15) is 11.1 Å². The Hall–Kier alpha value is -2.04. The lowest BCUT2D eigenvalue weighted by Gasteiger charge is -2.29. The van der Waals surface area contributed by atoms with E-state index in [1.165, 1.54) is 0 Å². The van der Waals surface area contributed by atoms with Crippen molar-refractivity contribution in [3.05, 3.63) is 52.5 Å². The van der Waals surface area contributed by atoms with Crippen LogP contribution in [-0.4, -0.2) is 39.6 Å². The maximum absolute atomic E-state index is 6.15.